The second-order valence-electron chi connectivity index (χ2n) is 5.85. The summed E-state index contributed by atoms with van der Waals surface area (Å²) in [5, 5.41) is 7.43. The van der Waals surface area contributed by atoms with Crippen LogP contribution in [0.4, 0.5) is 5.88 Å². The minimum atomic E-state index is -0.251. The fourth-order valence-corrected chi connectivity index (χ4v) is 3.34. The molecule has 0 saturated heterocycles. The van der Waals surface area contributed by atoms with E-state index in [9.17, 15) is 9.59 Å². The number of anilines is 1. The van der Waals surface area contributed by atoms with Crippen LogP contribution in [0.3, 0.4) is 0 Å². The van der Waals surface area contributed by atoms with Gasteiger partial charge in [-0.1, -0.05) is 29.1 Å². The summed E-state index contributed by atoms with van der Waals surface area (Å²) in [6, 6.07) is 8.78. The molecule has 0 aliphatic heterocycles. The second kappa shape index (κ2) is 7.10. The van der Waals surface area contributed by atoms with Gasteiger partial charge in [-0.25, -0.2) is 4.98 Å². The van der Waals surface area contributed by atoms with Gasteiger partial charge in [0.2, 0.25) is 11.8 Å². The van der Waals surface area contributed by atoms with E-state index in [1.54, 1.807) is 29.7 Å². The Kier molecular flexibility index (Phi) is 4.89. The topological polar surface area (TPSA) is 90.0 Å². The molecule has 0 saturated carbocycles. The number of hydrogen-bond acceptors (Lipinski definition) is 6. The summed E-state index contributed by atoms with van der Waals surface area (Å²) in [5.41, 5.74) is 1.21. The Balaban J connectivity index is 1.84. The van der Waals surface area contributed by atoms with Gasteiger partial charge in [0.15, 0.2) is 5.16 Å². The Morgan fingerprint density at radius 3 is 2.80 bits per heavy atom. The zero-order valence-corrected chi connectivity index (χ0v) is 15.0. The number of hydrogen-bond donors (Lipinski definition) is 1. The summed E-state index contributed by atoms with van der Waals surface area (Å²) in [6.07, 6.45) is 0. The van der Waals surface area contributed by atoms with Gasteiger partial charge >= 0.3 is 0 Å². The van der Waals surface area contributed by atoms with Gasteiger partial charge < -0.3 is 4.52 Å². The molecule has 1 amide bonds. The lowest BCUT2D eigenvalue weighted by atomic mass is 10.2. The highest BCUT2D eigenvalue weighted by atomic mass is 32.2. The number of para-hydroxylation sites is 1. The van der Waals surface area contributed by atoms with Crippen LogP contribution in [0.1, 0.15) is 25.6 Å². The van der Waals surface area contributed by atoms with Crippen LogP contribution in [-0.4, -0.2) is 26.4 Å². The molecule has 0 aliphatic carbocycles. The van der Waals surface area contributed by atoms with Crippen molar-refractivity contribution in [3.05, 3.63) is 46.4 Å². The zero-order valence-electron chi connectivity index (χ0n) is 14.1. The Morgan fingerprint density at radius 2 is 2.12 bits per heavy atom. The van der Waals surface area contributed by atoms with E-state index in [0.717, 1.165) is 0 Å². The third kappa shape index (κ3) is 3.74. The quantitative estimate of drug-likeness (QED) is 0.557. The second-order valence-corrected chi connectivity index (χ2v) is 6.79. The molecular weight excluding hydrogens is 340 g/mol. The van der Waals surface area contributed by atoms with Crippen molar-refractivity contribution in [3.63, 3.8) is 0 Å². The normalized spacial score (nSPS) is 11.2. The number of nitrogens with one attached hydrogen (secondary N) is 1. The van der Waals surface area contributed by atoms with Crippen LogP contribution in [0.25, 0.3) is 10.9 Å². The fourth-order valence-electron chi connectivity index (χ4n) is 2.41. The zero-order chi connectivity index (χ0) is 18.0. The van der Waals surface area contributed by atoms with E-state index in [2.05, 4.69) is 15.5 Å². The molecule has 0 bridgehead atoms. The number of aromatic nitrogens is 3. The Bertz CT molecular complexity index is 977. The van der Waals surface area contributed by atoms with E-state index < -0.39 is 0 Å². The highest BCUT2D eigenvalue weighted by Crippen LogP contribution is 2.21. The Labute approximate surface area is 148 Å². The number of amides is 1. The number of fused-ring (bicyclic) bond motifs is 1. The predicted molar refractivity (Wildman–Crippen MR) is 97.0 cm³/mol. The molecule has 0 unspecified atom stereocenters. The molecule has 7 nitrogen and oxygen atoms in total. The molecular formula is C17H18N4O3S. The first-order valence-corrected chi connectivity index (χ1v) is 8.81. The van der Waals surface area contributed by atoms with E-state index in [-0.39, 0.29) is 23.3 Å². The summed E-state index contributed by atoms with van der Waals surface area (Å²) < 4.78 is 6.57. The lowest BCUT2D eigenvalue weighted by molar-refractivity contribution is -0.113. The van der Waals surface area contributed by atoms with Gasteiger partial charge in [-0.05, 0) is 32.9 Å². The third-order valence-electron chi connectivity index (χ3n) is 3.51. The summed E-state index contributed by atoms with van der Waals surface area (Å²) >= 11 is 1.22. The van der Waals surface area contributed by atoms with Crippen LogP contribution in [0.15, 0.2) is 44.8 Å². The van der Waals surface area contributed by atoms with Crippen molar-refractivity contribution in [2.24, 2.45) is 0 Å². The summed E-state index contributed by atoms with van der Waals surface area (Å²) in [6.45, 7) is 5.60. The number of thioether (sulfide) groups is 1. The predicted octanol–water partition coefficient (Wildman–Crippen LogP) is 3.00. The van der Waals surface area contributed by atoms with Crippen LogP contribution in [-0.2, 0) is 4.79 Å². The molecule has 1 N–H and O–H groups in total. The van der Waals surface area contributed by atoms with Crippen LogP contribution in [0, 0.1) is 6.92 Å². The molecule has 130 valence electrons. The van der Waals surface area contributed by atoms with Gasteiger partial charge in [-0.2, -0.15) is 0 Å². The van der Waals surface area contributed by atoms with Gasteiger partial charge in [0.1, 0.15) is 0 Å². The smallest absolute Gasteiger partial charge is 0.262 e. The van der Waals surface area contributed by atoms with E-state index in [4.69, 9.17) is 4.52 Å². The summed E-state index contributed by atoms with van der Waals surface area (Å²) in [5.74, 6) is 0.159. The number of carbonyl (C=O) groups excluding carboxylic acids is 1. The van der Waals surface area contributed by atoms with Gasteiger partial charge in [0.05, 0.1) is 22.3 Å². The van der Waals surface area contributed by atoms with E-state index in [1.807, 2.05) is 26.0 Å². The van der Waals surface area contributed by atoms with Gasteiger partial charge in [-0.3, -0.25) is 19.5 Å². The van der Waals surface area contributed by atoms with Crippen molar-refractivity contribution in [2.75, 3.05) is 11.1 Å². The van der Waals surface area contributed by atoms with E-state index >= 15 is 0 Å². The number of benzene rings is 1. The van der Waals surface area contributed by atoms with Crippen LogP contribution >= 0.6 is 11.8 Å². The van der Waals surface area contributed by atoms with Gasteiger partial charge in [-0.15, -0.1) is 0 Å². The lowest BCUT2D eigenvalue weighted by Crippen LogP contribution is -2.25. The van der Waals surface area contributed by atoms with E-state index in [0.29, 0.717) is 27.6 Å². The van der Waals surface area contributed by atoms with Crippen molar-refractivity contribution >= 4 is 34.5 Å². The molecule has 0 atom stereocenters. The maximum absolute atomic E-state index is 12.7. The molecule has 0 radical (unpaired) electrons. The first kappa shape index (κ1) is 17.2. The SMILES string of the molecule is Cc1cc(NC(=O)CSc2nc3ccccc3c(=O)n2C(C)C)on1. The number of nitrogens with zero attached hydrogens (tertiary/aromatic N) is 3. The standard InChI is InChI=1S/C17H18N4O3S/c1-10(2)21-16(23)12-6-4-5-7-13(12)18-17(21)25-9-14(22)19-15-8-11(3)20-24-15/h4-8,10H,9H2,1-3H3,(H,19,22). The molecule has 1 aromatic carbocycles. The van der Waals surface area contributed by atoms with Crippen LogP contribution in [0.2, 0.25) is 0 Å². The highest BCUT2D eigenvalue weighted by molar-refractivity contribution is 7.99. The van der Waals surface area contributed by atoms with Crippen molar-refractivity contribution < 1.29 is 9.32 Å². The van der Waals surface area contributed by atoms with Gasteiger partial charge in [0.25, 0.3) is 5.56 Å². The molecule has 2 heterocycles. The molecule has 3 rings (SSSR count). The number of carbonyl (C=O) groups is 1. The first-order valence-electron chi connectivity index (χ1n) is 7.83. The third-order valence-corrected chi connectivity index (χ3v) is 4.47. The molecule has 3 aromatic rings. The largest absolute Gasteiger partial charge is 0.338 e. The van der Waals surface area contributed by atoms with Crippen molar-refractivity contribution in [3.8, 4) is 0 Å². The summed E-state index contributed by atoms with van der Waals surface area (Å²) in [7, 11) is 0. The maximum Gasteiger partial charge on any atom is 0.262 e. The van der Waals surface area contributed by atoms with Crippen molar-refractivity contribution in [1.29, 1.82) is 0 Å². The van der Waals surface area contributed by atoms with Crippen molar-refractivity contribution in [2.45, 2.75) is 32.0 Å². The maximum atomic E-state index is 12.7. The average Bonchev–Trinajstić information content (AvgIpc) is 2.97. The highest BCUT2D eigenvalue weighted by Gasteiger charge is 2.15. The molecule has 8 heteroatoms. The fraction of sp³-hybridized carbons (Fsp3) is 0.294. The molecule has 2 aromatic heterocycles. The Morgan fingerprint density at radius 1 is 1.36 bits per heavy atom. The van der Waals surface area contributed by atoms with Crippen molar-refractivity contribution in [1.82, 2.24) is 14.7 Å². The summed E-state index contributed by atoms with van der Waals surface area (Å²) in [4.78, 5) is 29.4. The number of rotatable bonds is 5. The monoisotopic (exact) mass is 358 g/mol. The molecule has 0 fully saturated rings. The number of aryl methyl sites for hydroxylation is 1. The minimum Gasteiger partial charge on any atom is -0.338 e. The van der Waals surface area contributed by atoms with Gasteiger partial charge in [0, 0.05) is 12.1 Å². The minimum absolute atomic E-state index is 0.0629. The lowest BCUT2D eigenvalue weighted by Gasteiger charge is -2.15. The Hall–Kier alpha value is -2.61. The average molecular weight is 358 g/mol. The van der Waals surface area contributed by atoms with Crippen LogP contribution in [0.5, 0.6) is 0 Å². The van der Waals surface area contributed by atoms with Crippen LogP contribution < -0.4 is 10.9 Å². The molecule has 0 spiro atoms. The molecule has 25 heavy (non-hydrogen) atoms. The van der Waals surface area contributed by atoms with E-state index in [1.165, 1.54) is 11.8 Å². The first-order chi connectivity index (χ1) is 12.0. The molecule has 0 aliphatic rings.